The summed E-state index contributed by atoms with van der Waals surface area (Å²) in [6.45, 7) is 2.36. The number of aliphatic hydroxyl groups excluding tert-OH is 1. The highest BCUT2D eigenvalue weighted by molar-refractivity contribution is 7.13. The van der Waals surface area contributed by atoms with E-state index in [1.54, 1.807) is 18.3 Å². The Morgan fingerprint density at radius 3 is 2.83 bits per heavy atom. The highest BCUT2D eigenvalue weighted by atomic mass is 32.1. The van der Waals surface area contributed by atoms with Gasteiger partial charge in [-0.2, -0.15) is 0 Å². The molecule has 18 heavy (non-hydrogen) atoms. The Kier molecular flexibility index (Phi) is 2.89. The lowest BCUT2D eigenvalue weighted by molar-refractivity contribution is 0.175. The van der Waals surface area contributed by atoms with Gasteiger partial charge in [-0.1, -0.05) is 18.2 Å². The van der Waals surface area contributed by atoms with Crippen molar-refractivity contribution in [1.82, 2.24) is 9.55 Å². The number of thiophene rings is 1. The molecule has 0 saturated heterocycles. The second-order valence-corrected chi connectivity index (χ2v) is 5.31. The zero-order valence-corrected chi connectivity index (χ0v) is 10.9. The molecule has 1 N–H and O–H groups in total. The third kappa shape index (κ3) is 1.94. The highest BCUT2D eigenvalue weighted by Crippen LogP contribution is 2.28. The van der Waals surface area contributed by atoms with E-state index >= 15 is 0 Å². The van der Waals surface area contributed by atoms with Crippen LogP contribution in [0.1, 0.15) is 6.92 Å². The minimum atomic E-state index is -0.388. The maximum atomic E-state index is 9.66. The molecule has 3 nitrogen and oxygen atoms in total. The fraction of sp³-hybridized carbons (Fsp3) is 0.214. The lowest BCUT2D eigenvalue weighted by atomic mass is 10.3. The Balaban J connectivity index is 2.23. The summed E-state index contributed by atoms with van der Waals surface area (Å²) in [5.41, 5.74) is 2.04. The van der Waals surface area contributed by atoms with Crippen molar-refractivity contribution in [1.29, 1.82) is 0 Å². The molecule has 0 radical (unpaired) electrons. The van der Waals surface area contributed by atoms with Crippen molar-refractivity contribution in [2.75, 3.05) is 0 Å². The van der Waals surface area contributed by atoms with Crippen molar-refractivity contribution in [3.8, 4) is 10.7 Å². The van der Waals surface area contributed by atoms with E-state index in [1.165, 1.54) is 0 Å². The smallest absolute Gasteiger partial charge is 0.151 e. The molecule has 4 heteroatoms. The molecule has 3 aromatic rings. The normalized spacial score (nSPS) is 13.0. The zero-order valence-electron chi connectivity index (χ0n) is 10.1. The number of para-hydroxylation sites is 2. The van der Waals surface area contributed by atoms with E-state index < -0.39 is 0 Å². The largest absolute Gasteiger partial charge is 0.392 e. The fourth-order valence-electron chi connectivity index (χ4n) is 2.12. The topological polar surface area (TPSA) is 38.0 Å². The van der Waals surface area contributed by atoms with Gasteiger partial charge in [0.15, 0.2) is 5.82 Å². The lowest BCUT2D eigenvalue weighted by Crippen LogP contribution is -2.12. The monoisotopic (exact) mass is 258 g/mol. The zero-order chi connectivity index (χ0) is 12.5. The van der Waals surface area contributed by atoms with Crippen LogP contribution in [0.2, 0.25) is 0 Å². The summed E-state index contributed by atoms with van der Waals surface area (Å²) < 4.78 is 2.09. The van der Waals surface area contributed by atoms with E-state index in [2.05, 4.69) is 15.6 Å². The molecule has 0 bridgehead atoms. The van der Waals surface area contributed by atoms with Crippen LogP contribution in [0.3, 0.4) is 0 Å². The Labute approximate surface area is 109 Å². The SMILES string of the molecule is CC(O)Cn1c(-c2cccs2)nc2ccccc21. The van der Waals surface area contributed by atoms with Crippen LogP contribution in [-0.2, 0) is 6.54 Å². The number of imidazole rings is 1. The van der Waals surface area contributed by atoms with Crippen LogP contribution in [0.4, 0.5) is 0 Å². The van der Waals surface area contributed by atoms with E-state index in [0.29, 0.717) is 6.54 Å². The summed E-state index contributed by atoms with van der Waals surface area (Å²) in [6, 6.07) is 12.1. The third-order valence-corrected chi connectivity index (χ3v) is 3.71. The number of rotatable bonds is 3. The molecule has 0 aliphatic carbocycles. The molecular formula is C14H14N2OS. The van der Waals surface area contributed by atoms with Crippen LogP contribution in [0.5, 0.6) is 0 Å². The van der Waals surface area contributed by atoms with Crippen LogP contribution in [0, 0.1) is 0 Å². The second kappa shape index (κ2) is 4.55. The van der Waals surface area contributed by atoms with Crippen molar-refractivity contribution in [3.05, 3.63) is 41.8 Å². The van der Waals surface area contributed by atoms with Gasteiger partial charge in [0, 0.05) is 0 Å². The quantitative estimate of drug-likeness (QED) is 0.783. The molecule has 1 aromatic carbocycles. The van der Waals surface area contributed by atoms with Gasteiger partial charge in [0.05, 0.1) is 28.6 Å². The minimum Gasteiger partial charge on any atom is -0.392 e. The second-order valence-electron chi connectivity index (χ2n) is 4.36. The van der Waals surface area contributed by atoms with E-state index in [4.69, 9.17) is 0 Å². The fourth-order valence-corrected chi connectivity index (χ4v) is 2.84. The standard InChI is InChI=1S/C14H14N2OS/c1-10(17)9-16-12-6-3-2-5-11(12)15-14(16)13-7-4-8-18-13/h2-8,10,17H,9H2,1H3. The molecule has 1 unspecified atom stereocenters. The van der Waals surface area contributed by atoms with Gasteiger partial charge in [0.2, 0.25) is 0 Å². The molecule has 3 rings (SSSR count). The van der Waals surface area contributed by atoms with Crippen LogP contribution in [0.15, 0.2) is 41.8 Å². The predicted molar refractivity (Wildman–Crippen MR) is 74.7 cm³/mol. The third-order valence-electron chi connectivity index (χ3n) is 2.84. The van der Waals surface area contributed by atoms with Gasteiger partial charge in [0.1, 0.15) is 0 Å². The van der Waals surface area contributed by atoms with Crippen molar-refractivity contribution in [2.24, 2.45) is 0 Å². The molecular weight excluding hydrogens is 244 g/mol. The van der Waals surface area contributed by atoms with Gasteiger partial charge >= 0.3 is 0 Å². The summed E-state index contributed by atoms with van der Waals surface area (Å²) in [7, 11) is 0. The van der Waals surface area contributed by atoms with Crippen molar-refractivity contribution in [2.45, 2.75) is 19.6 Å². The Hall–Kier alpha value is -1.65. The summed E-state index contributed by atoms with van der Waals surface area (Å²) in [4.78, 5) is 5.80. The van der Waals surface area contributed by atoms with Crippen LogP contribution >= 0.6 is 11.3 Å². The average Bonchev–Trinajstić information content (AvgIpc) is 2.96. The molecule has 0 aliphatic heterocycles. The predicted octanol–water partition coefficient (Wildman–Crippen LogP) is 3.15. The Morgan fingerprint density at radius 1 is 1.28 bits per heavy atom. The highest BCUT2D eigenvalue weighted by Gasteiger charge is 2.14. The van der Waals surface area contributed by atoms with Gasteiger partial charge in [-0.05, 0) is 30.5 Å². The molecule has 0 saturated carbocycles. The van der Waals surface area contributed by atoms with Crippen molar-refractivity contribution in [3.63, 3.8) is 0 Å². The first-order valence-electron chi connectivity index (χ1n) is 5.93. The molecule has 0 fully saturated rings. The number of hydrogen-bond donors (Lipinski definition) is 1. The van der Waals surface area contributed by atoms with Gasteiger partial charge in [-0.15, -0.1) is 11.3 Å². The van der Waals surface area contributed by atoms with Gasteiger partial charge < -0.3 is 9.67 Å². The molecule has 0 spiro atoms. The molecule has 0 amide bonds. The van der Waals surface area contributed by atoms with Gasteiger partial charge in [-0.3, -0.25) is 0 Å². The average molecular weight is 258 g/mol. The summed E-state index contributed by atoms with van der Waals surface area (Å²) >= 11 is 1.67. The summed E-state index contributed by atoms with van der Waals surface area (Å²) in [6.07, 6.45) is -0.388. The van der Waals surface area contributed by atoms with Gasteiger partial charge in [-0.25, -0.2) is 4.98 Å². The van der Waals surface area contributed by atoms with Crippen LogP contribution < -0.4 is 0 Å². The van der Waals surface area contributed by atoms with Gasteiger partial charge in [0.25, 0.3) is 0 Å². The summed E-state index contributed by atoms with van der Waals surface area (Å²) in [5, 5.41) is 11.7. The maximum Gasteiger partial charge on any atom is 0.151 e. The van der Waals surface area contributed by atoms with E-state index in [1.807, 2.05) is 35.7 Å². The Bertz CT molecular complexity index is 656. The number of benzene rings is 1. The number of aromatic nitrogens is 2. The number of aliphatic hydroxyl groups is 1. The van der Waals surface area contributed by atoms with Crippen LogP contribution in [-0.4, -0.2) is 20.8 Å². The van der Waals surface area contributed by atoms with E-state index in [0.717, 1.165) is 21.7 Å². The number of fused-ring (bicyclic) bond motifs is 1. The number of nitrogens with zero attached hydrogens (tertiary/aromatic N) is 2. The van der Waals surface area contributed by atoms with Crippen molar-refractivity contribution >= 4 is 22.4 Å². The first-order chi connectivity index (χ1) is 8.75. The lowest BCUT2D eigenvalue weighted by Gasteiger charge is -2.10. The summed E-state index contributed by atoms with van der Waals surface area (Å²) in [5.74, 6) is 0.937. The van der Waals surface area contributed by atoms with E-state index in [-0.39, 0.29) is 6.10 Å². The van der Waals surface area contributed by atoms with Crippen LogP contribution in [0.25, 0.3) is 21.7 Å². The van der Waals surface area contributed by atoms with Crippen molar-refractivity contribution < 1.29 is 5.11 Å². The molecule has 1 atom stereocenters. The minimum absolute atomic E-state index is 0.388. The first-order valence-corrected chi connectivity index (χ1v) is 6.81. The molecule has 92 valence electrons. The molecule has 2 aromatic heterocycles. The van der Waals surface area contributed by atoms with E-state index in [9.17, 15) is 5.11 Å². The number of hydrogen-bond acceptors (Lipinski definition) is 3. The molecule has 0 aliphatic rings. The maximum absolute atomic E-state index is 9.66. The Morgan fingerprint density at radius 2 is 2.11 bits per heavy atom. The molecule has 2 heterocycles. The first kappa shape index (κ1) is 11.4.